The summed E-state index contributed by atoms with van der Waals surface area (Å²) in [5, 5.41) is 12.9. The van der Waals surface area contributed by atoms with Gasteiger partial charge in [-0.3, -0.25) is 9.59 Å². The number of nitrogens with zero attached hydrogens (tertiary/aromatic N) is 1. The first-order valence-corrected chi connectivity index (χ1v) is 9.31. The van der Waals surface area contributed by atoms with Gasteiger partial charge in [-0.2, -0.15) is 5.26 Å². The van der Waals surface area contributed by atoms with Gasteiger partial charge in [0, 0.05) is 21.2 Å². The molecule has 29 heavy (non-hydrogen) atoms. The molecule has 0 saturated carbocycles. The summed E-state index contributed by atoms with van der Waals surface area (Å²) in [6.45, 7) is 0. The molecule has 0 aromatic heterocycles. The van der Waals surface area contributed by atoms with Gasteiger partial charge in [-0.1, -0.05) is 65.7 Å². The average Bonchev–Trinajstić information content (AvgIpc) is 2.74. The lowest BCUT2D eigenvalue weighted by Crippen LogP contribution is -2.16. The van der Waals surface area contributed by atoms with Crippen molar-refractivity contribution in [1.29, 1.82) is 5.26 Å². The molecule has 0 aliphatic heterocycles. The van der Waals surface area contributed by atoms with Gasteiger partial charge in [0.1, 0.15) is 11.6 Å². The summed E-state index contributed by atoms with van der Waals surface area (Å²) in [7, 11) is 0. The fourth-order valence-corrected chi connectivity index (χ4v) is 2.92. The first kappa shape index (κ1) is 20.3. The molecular formula is C23H14Cl2N2O2. The van der Waals surface area contributed by atoms with Crippen molar-refractivity contribution in [2.24, 2.45) is 0 Å². The molecule has 0 bridgehead atoms. The number of ketones is 1. The highest BCUT2D eigenvalue weighted by Crippen LogP contribution is 2.24. The number of rotatable bonds is 5. The number of carbonyl (C=O) groups is 2. The lowest BCUT2D eigenvalue weighted by atomic mass is 10.0. The first-order valence-electron chi connectivity index (χ1n) is 8.56. The van der Waals surface area contributed by atoms with Crippen molar-refractivity contribution in [1.82, 2.24) is 0 Å². The molecule has 0 aliphatic rings. The van der Waals surface area contributed by atoms with Gasteiger partial charge in [0.15, 0.2) is 5.78 Å². The van der Waals surface area contributed by atoms with Crippen LogP contribution >= 0.6 is 23.2 Å². The summed E-state index contributed by atoms with van der Waals surface area (Å²) in [4.78, 5) is 25.5. The second-order valence-corrected chi connectivity index (χ2v) is 6.93. The van der Waals surface area contributed by atoms with Crippen molar-refractivity contribution in [3.05, 3.63) is 105 Å². The van der Waals surface area contributed by atoms with Gasteiger partial charge in [0.25, 0.3) is 5.91 Å². The Balaban J connectivity index is 1.91. The molecular weight excluding hydrogens is 407 g/mol. The fraction of sp³-hybridized carbons (Fsp3) is 0. The Hall–Kier alpha value is -3.39. The van der Waals surface area contributed by atoms with Crippen molar-refractivity contribution < 1.29 is 9.59 Å². The minimum atomic E-state index is -0.633. The Kier molecular flexibility index (Phi) is 6.46. The second kappa shape index (κ2) is 9.20. The molecule has 0 radical (unpaired) electrons. The monoisotopic (exact) mass is 420 g/mol. The highest BCUT2D eigenvalue weighted by Gasteiger charge is 2.17. The summed E-state index contributed by atoms with van der Waals surface area (Å²) >= 11 is 11.9. The molecule has 0 heterocycles. The molecule has 3 aromatic rings. The van der Waals surface area contributed by atoms with Gasteiger partial charge in [-0.25, -0.2) is 0 Å². The minimum absolute atomic E-state index is 0.111. The van der Waals surface area contributed by atoms with E-state index in [-0.39, 0.29) is 22.6 Å². The Morgan fingerprint density at radius 2 is 1.55 bits per heavy atom. The molecule has 1 amide bonds. The minimum Gasteiger partial charge on any atom is -0.321 e. The third-order valence-corrected chi connectivity index (χ3v) is 4.54. The number of benzene rings is 3. The van der Waals surface area contributed by atoms with E-state index >= 15 is 0 Å². The molecule has 0 unspecified atom stereocenters. The number of amides is 1. The highest BCUT2D eigenvalue weighted by molar-refractivity contribution is 6.31. The first-order chi connectivity index (χ1) is 14.0. The Morgan fingerprint density at radius 1 is 0.897 bits per heavy atom. The van der Waals surface area contributed by atoms with Crippen LogP contribution in [0.3, 0.4) is 0 Å². The quantitative estimate of drug-likeness (QED) is 0.323. The van der Waals surface area contributed by atoms with E-state index in [9.17, 15) is 14.9 Å². The lowest BCUT2D eigenvalue weighted by Gasteiger charge is -2.11. The number of hydrogen-bond donors (Lipinski definition) is 1. The van der Waals surface area contributed by atoms with Crippen LogP contribution in [0.15, 0.2) is 78.4 Å². The van der Waals surface area contributed by atoms with E-state index in [1.54, 1.807) is 60.7 Å². The average molecular weight is 421 g/mol. The molecule has 6 heteroatoms. The van der Waals surface area contributed by atoms with E-state index in [0.29, 0.717) is 21.2 Å². The summed E-state index contributed by atoms with van der Waals surface area (Å²) in [5.74, 6) is -0.921. The zero-order chi connectivity index (χ0) is 20.8. The lowest BCUT2D eigenvalue weighted by molar-refractivity contribution is -0.112. The molecule has 4 nitrogen and oxygen atoms in total. The van der Waals surface area contributed by atoms with E-state index in [0.717, 1.165) is 0 Å². The number of nitriles is 1. The van der Waals surface area contributed by atoms with Crippen molar-refractivity contribution in [3.63, 3.8) is 0 Å². The van der Waals surface area contributed by atoms with Crippen molar-refractivity contribution in [2.45, 2.75) is 0 Å². The summed E-state index contributed by atoms with van der Waals surface area (Å²) in [5.41, 5.74) is 1.51. The number of carbonyl (C=O) groups excluding carboxylic acids is 2. The number of halogens is 2. The molecule has 0 spiro atoms. The van der Waals surface area contributed by atoms with Crippen LogP contribution in [-0.4, -0.2) is 11.7 Å². The molecule has 3 aromatic carbocycles. The van der Waals surface area contributed by atoms with Crippen molar-refractivity contribution in [2.75, 3.05) is 5.32 Å². The second-order valence-electron chi connectivity index (χ2n) is 6.06. The molecule has 0 atom stereocenters. The van der Waals surface area contributed by atoms with Gasteiger partial charge >= 0.3 is 0 Å². The molecule has 3 rings (SSSR count). The Morgan fingerprint density at radius 3 is 2.21 bits per heavy atom. The standard InChI is InChI=1S/C23H14Cl2N2O2/c24-18-8-6-15(7-9-18)12-17(14-26)23(29)27-21-11-10-19(25)13-20(21)22(28)16-4-2-1-3-5-16/h1-13H,(H,27,29). The third-order valence-electron chi connectivity index (χ3n) is 4.06. The maximum absolute atomic E-state index is 12.9. The topological polar surface area (TPSA) is 70.0 Å². The highest BCUT2D eigenvalue weighted by atomic mass is 35.5. The van der Waals surface area contributed by atoms with E-state index in [1.807, 2.05) is 6.07 Å². The van der Waals surface area contributed by atoms with E-state index in [1.165, 1.54) is 18.2 Å². The van der Waals surface area contributed by atoms with Gasteiger partial charge in [-0.05, 0) is 42.0 Å². The van der Waals surface area contributed by atoms with E-state index in [4.69, 9.17) is 23.2 Å². The zero-order valence-electron chi connectivity index (χ0n) is 15.0. The normalized spacial score (nSPS) is 10.9. The van der Waals surface area contributed by atoms with Crippen molar-refractivity contribution in [3.8, 4) is 6.07 Å². The molecule has 0 saturated heterocycles. The van der Waals surface area contributed by atoms with Crippen molar-refractivity contribution >= 4 is 46.7 Å². The third kappa shape index (κ3) is 5.11. The Labute approximate surface area is 178 Å². The molecule has 142 valence electrons. The fourth-order valence-electron chi connectivity index (χ4n) is 2.62. The summed E-state index contributed by atoms with van der Waals surface area (Å²) in [6, 6.07) is 21.8. The number of nitrogens with one attached hydrogen (secondary N) is 1. The van der Waals surface area contributed by atoms with Crippen LogP contribution in [0.5, 0.6) is 0 Å². The molecule has 1 N–H and O–H groups in total. The van der Waals surface area contributed by atoms with Gasteiger partial charge in [-0.15, -0.1) is 0 Å². The Bertz CT molecular complexity index is 1130. The van der Waals surface area contributed by atoms with E-state index < -0.39 is 5.91 Å². The maximum Gasteiger partial charge on any atom is 0.266 e. The van der Waals surface area contributed by atoms with Crippen LogP contribution in [0.2, 0.25) is 10.0 Å². The maximum atomic E-state index is 12.9. The predicted octanol–water partition coefficient (Wildman–Crippen LogP) is 5.77. The number of anilines is 1. The van der Waals surface area contributed by atoms with E-state index in [2.05, 4.69) is 5.32 Å². The molecule has 0 fully saturated rings. The number of hydrogen-bond acceptors (Lipinski definition) is 3. The molecule has 0 aliphatic carbocycles. The van der Waals surface area contributed by atoms with Crippen LogP contribution < -0.4 is 5.32 Å². The van der Waals surface area contributed by atoms with Gasteiger partial charge < -0.3 is 5.32 Å². The van der Waals surface area contributed by atoms with Gasteiger partial charge in [0.2, 0.25) is 0 Å². The SMILES string of the molecule is N#CC(=Cc1ccc(Cl)cc1)C(=O)Nc1ccc(Cl)cc1C(=O)c1ccccc1. The summed E-state index contributed by atoms with van der Waals surface area (Å²) < 4.78 is 0. The van der Waals surface area contributed by atoms with Crippen LogP contribution in [0, 0.1) is 11.3 Å². The van der Waals surface area contributed by atoms with Crippen LogP contribution in [0.4, 0.5) is 5.69 Å². The predicted molar refractivity (Wildman–Crippen MR) is 115 cm³/mol. The van der Waals surface area contributed by atoms with Crippen LogP contribution in [0.25, 0.3) is 6.08 Å². The zero-order valence-corrected chi connectivity index (χ0v) is 16.5. The van der Waals surface area contributed by atoms with Gasteiger partial charge in [0.05, 0.1) is 5.69 Å². The van der Waals surface area contributed by atoms with Crippen LogP contribution in [0.1, 0.15) is 21.5 Å². The largest absolute Gasteiger partial charge is 0.321 e. The summed E-state index contributed by atoms with van der Waals surface area (Å²) in [6.07, 6.45) is 1.44. The smallest absolute Gasteiger partial charge is 0.266 e. The van der Waals surface area contributed by atoms with Crippen LogP contribution in [-0.2, 0) is 4.79 Å².